The average molecular weight is 389 g/mol. The van der Waals surface area contributed by atoms with Crippen LogP contribution in [-0.4, -0.2) is 48.8 Å². The van der Waals surface area contributed by atoms with E-state index >= 15 is 0 Å². The number of thioether (sulfide) groups is 1. The zero-order chi connectivity index (χ0) is 19.4. The van der Waals surface area contributed by atoms with Gasteiger partial charge < -0.3 is 5.32 Å². The van der Waals surface area contributed by atoms with Gasteiger partial charge in [0.25, 0.3) is 5.91 Å². The number of hydrazine groups is 1. The molecule has 1 aliphatic rings. The highest BCUT2D eigenvalue weighted by molar-refractivity contribution is 7.99. The number of nitrogens with zero attached hydrogens (tertiary/aromatic N) is 5. The van der Waals surface area contributed by atoms with Gasteiger partial charge >= 0.3 is 6.03 Å². The van der Waals surface area contributed by atoms with Gasteiger partial charge in [0.1, 0.15) is 5.54 Å². The van der Waals surface area contributed by atoms with Gasteiger partial charge in [-0.1, -0.05) is 49.0 Å². The van der Waals surface area contributed by atoms with Crippen LogP contribution in [0.2, 0.25) is 0 Å². The lowest BCUT2D eigenvalue weighted by atomic mass is 9.87. The van der Waals surface area contributed by atoms with Crippen molar-refractivity contribution in [3.05, 3.63) is 35.9 Å². The predicted molar refractivity (Wildman–Crippen MR) is 96.1 cm³/mol. The Hall–Kier alpha value is -2.95. The van der Waals surface area contributed by atoms with Crippen molar-refractivity contribution in [3.8, 4) is 0 Å². The Morgan fingerprint density at radius 2 is 2.00 bits per heavy atom. The van der Waals surface area contributed by atoms with Gasteiger partial charge in [-0.05, 0) is 29.3 Å². The molecule has 27 heavy (non-hydrogen) atoms. The first kappa shape index (κ1) is 18.8. The van der Waals surface area contributed by atoms with Gasteiger partial charge in [0.05, 0.1) is 5.75 Å². The highest BCUT2D eigenvalue weighted by Crippen LogP contribution is 2.31. The SMILES string of the molecule is CCn1nnnc1SCC(=O)NN1C(=O)NC(CC)(c2ccccc2)C1=O. The second kappa shape index (κ2) is 7.74. The molecular weight excluding hydrogens is 370 g/mol. The van der Waals surface area contributed by atoms with Crippen molar-refractivity contribution < 1.29 is 14.4 Å². The highest BCUT2D eigenvalue weighted by Gasteiger charge is 2.52. The molecule has 0 saturated carbocycles. The van der Waals surface area contributed by atoms with E-state index < -0.39 is 23.4 Å². The van der Waals surface area contributed by atoms with Crippen molar-refractivity contribution in [3.63, 3.8) is 0 Å². The quantitative estimate of drug-likeness (QED) is 0.527. The summed E-state index contributed by atoms with van der Waals surface area (Å²) in [5.74, 6) is -1.06. The number of carbonyl (C=O) groups is 3. The number of aryl methyl sites for hydroxylation is 1. The summed E-state index contributed by atoms with van der Waals surface area (Å²) in [7, 11) is 0. The predicted octanol–water partition coefficient (Wildman–Crippen LogP) is 0.674. The minimum Gasteiger partial charge on any atom is -0.318 e. The van der Waals surface area contributed by atoms with Crippen LogP contribution >= 0.6 is 11.8 Å². The molecule has 1 atom stereocenters. The third-order valence-electron chi connectivity index (χ3n) is 4.26. The van der Waals surface area contributed by atoms with E-state index in [0.29, 0.717) is 23.7 Å². The van der Waals surface area contributed by atoms with E-state index in [9.17, 15) is 14.4 Å². The summed E-state index contributed by atoms with van der Waals surface area (Å²) in [6.07, 6.45) is 0.355. The Labute approximate surface area is 159 Å². The molecule has 1 unspecified atom stereocenters. The summed E-state index contributed by atoms with van der Waals surface area (Å²) in [5.41, 5.74) is 1.85. The molecule has 142 valence electrons. The first-order chi connectivity index (χ1) is 13.0. The zero-order valence-electron chi connectivity index (χ0n) is 14.9. The lowest BCUT2D eigenvalue weighted by molar-refractivity contribution is -0.138. The number of benzene rings is 1. The van der Waals surface area contributed by atoms with Crippen LogP contribution in [0.3, 0.4) is 0 Å². The molecule has 0 spiro atoms. The molecule has 11 heteroatoms. The lowest BCUT2D eigenvalue weighted by Crippen LogP contribution is -2.49. The second-order valence-corrected chi connectivity index (χ2v) is 6.74. The van der Waals surface area contributed by atoms with Crippen molar-refractivity contribution in [1.82, 2.24) is 36.0 Å². The Bertz CT molecular complexity index is 857. The number of carbonyl (C=O) groups excluding carboxylic acids is 3. The van der Waals surface area contributed by atoms with Gasteiger partial charge in [-0.3, -0.25) is 15.0 Å². The number of hydrogen-bond donors (Lipinski definition) is 2. The molecule has 1 saturated heterocycles. The number of amides is 4. The summed E-state index contributed by atoms with van der Waals surface area (Å²) in [5, 5.41) is 15.1. The minimum absolute atomic E-state index is 0.0398. The summed E-state index contributed by atoms with van der Waals surface area (Å²) in [6, 6.07) is 8.29. The van der Waals surface area contributed by atoms with Crippen molar-refractivity contribution in [2.24, 2.45) is 0 Å². The standard InChI is InChI=1S/C16H19N7O3S/c1-3-16(11-8-6-5-7-9-11)13(25)23(14(26)17-16)19-12(24)10-27-15-18-20-21-22(15)4-2/h5-9H,3-4,10H2,1-2H3,(H,17,26)(H,19,24). The molecule has 4 amide bonds. The van der Waals surface area contributed by atoms with Crippen LogP contribution in [0.1, 0.15) is 25.8 Å². The van der Waals surface area contributed by atoms with Crippen molar-refractivity contribution in [1.29, 1.82) is 0 Å². The fourth-order valence-corrected chi connectivity index (χ4v) is 3.56. The number of tetrazole rings is 1. The van der Waals surface area contributed by atoms with Crippen LogP contribution in [0, 0.1) is 0 Å². The monoisotopic (exact) mass is 389 g/mol. The molecule has 0 bridgehead atoms. The topological polar surface area (TPSA) is 122 Å². The van der Waals surface area contributed by atoms with E-state index in [0.717, 1.165) is 16.8 Å². The second-order valence-electron chi connectivity index (χ2n) is 5.80. The molecule has 1 aromatic carbocycles. The maximum absolute atomic E-state index is 12.9. The van der Waals surface area contributed by atoms with Crippen LogP contribution in [0.5, 0.6) is 0 Å². The maximum atomic E-state index is 12.9. The molecule has 2 N–H and O–H groups in total. The first-order valence-electron chi connectivity index (χ1n) is 8.42. The van der Waals surface area contributed by atoms with Crippen LogP contribution < -0.4 is 10.7 Å². The fraction of sp³-hybridized carbons (Fsp3) is 0.375. The molecule has 2 aromatic rings. The summed E-state index contributed by atoms with van der Waals surface area (Å²) >= 11 is 1.12. The van der Waals surface area contributed by atoms with E-state index in [4.69, 9.17) is 0 Å². The number of imide groups is 1. The van der Waals surface area contributed by atoms with Gasteiger partial charge in [-0.2, -0.15) is 5.01 Å². The third kappa shape index (κ3) is 3.50. The average Bonchev–Trinajstić information content (AvgIpc) is 3.25. The van der Waals surface area contributed by atoms with Gasteiger partial charge in [0.15, 0.2) is 0 Å². The minimum atomic E-state index is -1.19. The first-order valence-corrected chi connectivity index (χ1v) is 9.41. The number of urea groups is 1. The number of nitrogens with one attached hydrogen (secondary N) is 2. The molecule has 1 aliphatic heterocycles. The van der Waals surface area contributed by atoms with E-state index in [1.54, 1.807) is 35.9 Å². The number of rotatable bonds is 7. The Kier molecular flexibility index (Phi) is 5.40. The molecule has 0 aliphatic carbocycles. The van der Waals surface area contributed by atoms with Gasteiger partial charge in [0, 0.05) is 6.54 Å². The van der Waals surface area contributed by atoms with E-state index in [1.165, 1.54) is 0 Å². The fourth-order valence-electron chi connectivity index (χ4n) is 2.82. The Morgan fingerprint density at radius 1 is 1.26 bits per heavy atom. The largest absolute Gasteiger partial charge is 0.344 e. The lowest BCUT2D eigenvalue weighted by Gasteiger charge is -2.25. The summed E-state index contributed by atoms with van der Waals surface area (Å²) < 4.78 is 1.54. The van der Waals surface area contributed by atoms with Crippen molar-refractivity contribution in [2.75, 3.05) is 5.75 Å². The van der Waals surface area contributed by atoms with Crippen LogP contribution in [-0.2, 0) is 21.7 Å². The summed E-state index contributed by atoms with van der Waals surface area (Å²) in [4.78, 5) is 37.5. The molecule has 2 heterocycles. The van der Waals surface area contributed by atoms with Crippen LogP contribution in [0.25, 0.3) is 0 Å². The normalized spacial score (nSPS) is 19.3. The smallest absolute Gasteiger partial charge is 0.318 e. The van der Waals surface area contributed by atoms with E-state index in [-0.39, 0.29) is 5.75 Å². The Morgan fingerprint density at radius 3 is 2.67 bits per heavy atom. The molecule has 1 aromatic heterocycles. The molecule has 0 radical (unpaired) electrons. The molecule has 1 fully saturated rings. The van der Waals surface area contributed by atoms with Gasteiger partial charge in [-0.15, -0.1) is 5.10 Å². The number of aromatic nitrogens is 4. The van der Waals surface area contributed by atoms with Gasteiger partial charge in [0.2, 0.25) is 11.1 Å². The van der Waals surface area contributed by atoms with E-state index in [1.807, 2.05) is 13.0 Å². The van der Waals surface area contributed by atoms with Crippen molar-refractivity contribution >= 4 is 29.6 Å². The van der Waals surface area contributed by atoms with Crippen molar-refractivity contribution in [2.45, 2.75) is 37.5 Å². The Balaban J connectivity index is 1.69. The zero-order valence-corrected chi connectivity index (χ0v) is 15.7. The van der Waals surface area contributed by atoms with Crippen LogP contribution in [0.15, 0.2) is 35.5 Å². The third-order valence-corrected chi connectivity index (χ3v) is 5.21. The number of hydrogen-bond acceptors (Lipinski definition) is 7. The molecule has 10 nitrogen and oxygen atoms in total. The maximum Gasteiger partial charge on any atom is 0.344 e. The molecular formula is C16H19N7O3S. The van der Waals surface area contributed by atoms with E-state index in [2.05, 4.69) is 26.3 Å². The molecule has 3 rings (SSSR count). The highest BCUT2D eigenvalue weighted by atomic mass is 32.2. The van der Waals surface area contributed by atoms with Gasteiger partial charge in [-0.25, -0.2) is 9.48 Å². The van der Waals surface area contributed by atoms with Crippen LogP contribution in [0.4, 0.5) is 4.79 Å². The summed E-state index contributed by atoms with van der Waals surface area (Å²) in [6.45, 7) is 4.25.